The second-order valence-corrected chi connectivity index (χ2v) is 1.83. The van der Waals surface area contributed by atoms with Gasteiger partial charge in [0.25, 0.3) is 0 Å². The van der Waals surface area contributed by atoms with Crippen LogP contribution in [0.3, 0.4) is 0 Å². The first-order valence-corrected chi connectivity index (χ1v) is 3.32. The molecular weight excluding hydrogens is 454 g/mol. The van der Waals surface area contributed by atoms with Gasteiger partial charge in [0.1, 0.15) is 0 Å². The topological polar surface area (TPSA) is 224 Å². The van der Waals surface area contributed by atoms with Crippen molar-refractivity contribution in [3.8, 4) is 0 Å². The summed E-state index contributed by atoms with van der Waals surface area (Å²) in [5, 5.41) is 44.3. The number of aliphatic carboxylic acids is 6. The largest absolute Gasteiger partial charge is 0.473 e. The fraction of sp³-hybridized carbons (Fsp3) is 0. The molecule has 0 spiro atoms. The third-order valence-electron chi connectivity index (χ3n) is 0.549. The van der Waals surface area contributed by atoms with Crippen LogP contribution in [-0.4, -0.2) is 66.5 Å². The summed E-state index contributed by atoms with van der Waals surface area (Å²) in [5.74, 6) is -10.9. The Labute approximate surface area is 115 Å². The Bertz CT molecular complexity index is 277. The Hall–Kier alpha value is -2.54. The van der Waals surface area contributed by atoms with Crippen molar-refractivity contribution in [2.24, 2.45) is 0 Å². The van der Waals surface area contributed by atoms with Crippen LogP contribution in [0.15, 0.2) is 0 Å². The van der Waals surface area contributed by atoms with E-state index in [0.717, 1.165) is 0 Å². The fourth-order valence-corrected chi connectivity index (χ4v) is 0. The molecule has 0 saturated heterocycles. The third kappa shape index (κ3) is 31.3. The Morgan fingerprint density at radius 3 is 0.421 bits per heavy atom. The summed E-state index contributed by atoms with van der Waals surface area (Å²) in [5.41, 5.74) is 0. The van der Waals surface area contributed by atoms with Gasteiger partial charge in [-0.3, -0.25) is 0 Å². The van der Waals surface area contributed by atoms with Gasteiger partial charge in [0.05, 0.1) is 0 Å². The number of hydrogen-bond donors (Lipinski definition) is 6. The van der Waals surface area contributed by atoms with E-state index in [1.165, 1.54) is 0 Å². The molecule has 0 radical (unpaired) electrons. The minimum absolute atomic E-state index is 0. The van der Waals surface area contributed by atoms with Crippen LogP contribution in [0, 0.1) is 0 Å². The molecule has 0 rings (SSSR count). The molecule has 0 aromatic rings. The van der Waals surface area contributed by atoms with E-state index >= 15 is 0 Å². The maximum Gasteiger partial charge on any atom is 0.414 e. The quantitative estimate of drug-likeness (QED) is 0.206. The molecule has 0 aliphatic rings. The SMILES string of the molecule is O=C(O)C(=O)O.O=C(O)C(=O)O.O=C(O)C(=O)O.[Os]. The summed E-state index contributed by atoms with van der Waals surface area (Å²) in [4.78, 5) is 54.6. The summed E-state index contributed by atoms with van der Waals surface area (Å²) in [7, 11) is 0. The summed E-state index contributed by atoms with van der Waals surface area (Å²) in [6.07, 6.45) is 0. The molecule has 110 valence electrons. The van der Waals surface area contributed by atoms with Crippen LogP contribution >= 0.6 is 0 Å². The fourth-order valence-electron chi connectivity index (χ4n) is 0. The molecular formula is C6H6O12Os. The van der Waals surface area contributed by atoms with Crippen molar-refractivity contribution < 1.29 is 79.2 Å². The van der Waals surface area contributed by atoms with Crippen LogP contribution < -0.4 is 0 Å². The molecule has 0 aliphatic heterocycles. The van der Waals surface area contributed by atoms with E-state index in [0.29, 0.717) is 0 Å². The molecule has 0 atom stereocenters. The van der Waals surface area contributed by atoms with E-state index in [-0.39, 0.29) is 19.8 Å². The van der Waals surface area contributed by atoms with Crippen LogP contribution in [-0.2, 0) is 48.6 Å². The molecule has 0 aliphatic carbocycles. The van der Waals surface area contributed by atoms with E-state index < -0.39 is 35.8 Å². The van der Waals surface area contributed by atoms with Crippen molar-refractivity contribution in [1.82, 2.24) is 0 Å². The summed E-state index contributed by atoms with van der Waals surface area (Å²) < 4.78 is 0. The minimum atomic E-state index is -1.82. The molecule has 0 amide bonds. The van der Waals surface area contributed by atoms with Crippen molar-refractivity contribution in [3.05, 3.63) is 0 Å². The summed E-state index contributed by atoms with van der Waals surface area (Å²) >= 11 is 0. The summed E-state index contributed by atoms with van der Waals surface area (Å²) in [6, 6.07) is 0. The average molecular weight is 460 g/mol. The predicted octanol–water partition coefficient (Wildman–Crippen LogP) is -2.54. The summed E-state index contributed by atoms with van der Waals surface area (Å²) in [6.45, 7) is 0. The average Bonchev–Trinajstić information content (AvgIpc) is 2.18. The maximum absolute atomic E-state index is 9.10. The number of carboxylic acid groups (broad SMARTS) is 6. The van der Waals surface area contributed by atoms with E-state index in [4.69, 9.17) is 59.4 Å². The Kier molecular flexibility index (Phi) is 18.0. The van der Waals surface area contributed by atoms with Crippen LogP contribution in [0.25, 0.3) is 0 Å². The molecule has 12 nitrogen and oxygen atoms in total. The van der Waals surface area contributed by atoms with Gasteiger partial charge in [-0.05, 0) is 0 Å². The molecule has 0 heterocycles. The second-order valence-electron chi connectivity index (χ2n) is 1.83. The van der Waals surface area contributed by atoms with E-state index in [9.17, 15) is 0 Å². The van der Waals surface area contributed by atoms with Crippen LogP contribution in [0.5, 0.6) is 0 Å². The third-order valence-corrected chi connectivity index (χ3v) is 0.549. The Morgan fingerprint density at radius 2 is 0.421 bits per heavy atom. The van der Waals surface area contributed by atoms with Gasteiger partial charge in [-0.25, -0.2) is 28.8 Å². The monoisotopic (exact) mass is 462 g/mol. The molecule has 0 bridgehead atoms. The molecule has 6 N–H and O–H groups in total. The number of carboxylic acids is 6. The number of rotatable bonds is 0. The van der Waals surface area contributed by atoms with Gasteiger partial charge in [0, 0.05) is 19.8 Å². The van der Waals surface area contributed by atoms with Gasteiger partial charge in [0.15, 0.2) is 0 Å². The van der Waals surface area contributed by atoms with E-state index in [2.05, 4.69) is 0 Å². The zero-order valence-electron chi connectivity index (χ0n) is 8.49. The van der Waals surface area contributed by atoms with Crippen LogP contribution in [0.2, 0.25) is 0 Å². The molecule has 0 unspecified atom stereocenters. The van der Waals surface area contributed by atoms with Crippen molar-refractivity contribution >= 4 is 35.8 Å². The van der Waals surface area contributed by atoms with Gasteiger partial charge in [-0.15, -0.1) is 0 Å². The normalized spacial score (nSPS) is 6.95. The predicted molar refractivity (Wildman–Crippen MR) is 45.8 cm³/mol. The smallest absolute Gasteiger partial charge is 0.414 e. The number of carbonyl (C=O) groups is 6. The zero-order chi connectivity index (χ0) is 15.5. The van der Waals surface area contributed by atoms with Gasteiger partial charge >= 0.3 is 35.8 Å². The van der Waals surface area contributed by atoms with E-state index in [1.54, 1.807) is 0 Å². The van der Waals surface area contributed by atoms with Crippen molar-refractivity contribution in [1.29, 1.82) is 0 Å². The van der Waals surface area contributed by atoms with Crippen LogP contribution in [0.4, 0.5) is 0 Å². The molecule has 0 saturated carbocycles. The van der Waals surface area contributed by atoms with Gasteiger partial charge in [-0.1, -0.05) is 0 Å². The Morgan fingerprint density at radius 1 is 0.368 bits per heavy atom. The molecule has 0 fully saturated rings. The molecule has 0 aromatic carbocycles. The van der Waals surface area contributed by atoms with Crippen LogP contribution in [0.1, 0.15) is 0 Å². The van der Waals surface area contributed by atoms with Gasteiger partial charge in [0.2, 0.25) is 0 Å². The van der Waals surface area contributed by atoms with E-state index in [1.807, 2.05) is 0 Å². The maximum atomic E-state index is 9.10. The first-order chi connectivity index (χ1) is 7.93. The minimum Gasteiger partial charge on any atom is -0.473 e. The van der Waals surface area contributed by atoms with Gasteiger partial charge in [-0.2, -0.15) is 0 Å². The molecule has 13 heteroatoms. The number of hydrogen-bond acceptors (Lipinski definition) is 6. The zero-order valence-corrected chi connectivity index (χ0v) is 11.0. The Balaban J connectivity index is -0.0000000865. The van der Waals surface area contributed by atoms with Crippen molar-refractivity contribution in [2.75, 3.05) is 0 Å². The van der Waals surface area contributed by atoms with Gasteiger partial charge < -0.3 is 30.6 Å². The van der Waals surface area contributed by atoms with Crippen molar-refractivity contribution in [2.45, 2.75) is 0 Å². The molecule has 0 aromatic heterocycles. The standard InChI is InChI=1S/3C2H2O4.Os/c3*3-1(4)2(5)6;/h3*(H,3,4)(H,5,6);. The molecule has 19 heavy (non-hydrogen) atoms. The first kappa shape index (κ1) is 25.3. The second kappa shape index (κ2) is 13.5. The first-order valence-electron chi connectivity index (χ1n) is 3.32. The van der Waals surface area contributed by atoms with Crippen molar-refractivity contribution in [3.63, 3.8) is 0 Å².